The topological polar surface area (TPSA) is 46.3 Å². The summed E-state index contributed by atoms with van der Waals surface area (Å²) in [5.41, 5.74) is 3.41. The number of aromatic amines is 1. The average Bonchev–Trinajstić information content (AvgIpc) is 3.05. The Hall–Kier alpha value is -2.30. The lowest BCUT2D eigenvalue weighted by Crippen LogP contribution is -2.31. The van der Waals surface area contributed by atoms with Gasteiger partial charge in [0.2, 0.25) is 0 Å². The van der Waals surface area contributed by atoms with Crippen LogP contribution >= 0.6 is 0 Å². The maximum atomic E-state index is 6.15. The minimum Gasteiger partial charge on any atom is -0.488 e. The van der Waals surface area contributed by atoms with Crippen LogP contribution in [0.4, 0.5) is 0 Å². The molecule has 0 saturated carbocycles. The number of H-pyrrole nitrogens is 1. The first-order valence-corrected chi connectivity index (χ1v) is 8.70. The molecule has 1 heterocycles. The molecule has 1 aromatic heterocycles. The molecule has 0 bridgehead atoms. The predicted octanol–water partition coefficient (Wildman–Crippen LogP) is 4.43. The third-order valence-electron chi connectivity index (χ3n) is 4.18. The van der Waals surface area contributed by atoms with Gasteiger partial charge in [-0.3, -0.25) is 0 Å². The van der Waals surface area contributed by atoms with Crippen molar-refractivity contribution in [1.29, 1.82) is 0 Å². The van der Waals surface area contributed by atoms with Crippen molar-refractivity contribution in [2.24, 2.45) is 0 Å². The highest BCUT2D eigenvalue weighted by atomic mass is 16.5. The van der Waals surface area contributed by atoms with E-state index in [4.69, 9.17) is 9.47 Å². The van der Waals surface area contributed by atoms with Crippen LogP contribution in [0, 0.1) is 0 Å². The van der Waals surface area contributed by atoms with E-state index in [2.05, 4.69) is 48.5 Å². The molecule has 2 N–H and O–H groups in total. The summed E-state index contributed by atoms with van der Waals surface area (Å²) in [7, 11) is 1.73. The van der Waals surface area contributed by atoms with Crippen LogP contribution in [0.25, 0.3) is 10.9 Å². The fourth-order valence-corrected chi connectivity index (χ4v) is 3.10. The summed E-state index contributed by atoms with van der Waals surface area (Å²) in [5.74, 6) is 0.893. The quantitative estimate of drug-likeness (QED) is 0.638. The predicted molar refractivity (Wildman–Crippen MR) is 102 cm³/mol. The zero-order chi connectivity index (χ0) is 17.6. The average molecular weight is 338 g/mol. The summed E-state index contributed by atoms with van der Waals surface area (Å²) in [6.07, 6.45) is 2.05. The molecule has 0 radical (unpaired) electrons. The van der Waals surface area contributed by atoms with Gasteiger partial charge in [0.05, 0.1) is 12.6 Å². The lowest BCUT2D eigenvalue weighted by molar-refractivity contribution is 0.163. The molecule has 0 amide bonds. The molecule has 0 aliphatic heterocycles. The number of fused-ring (bicyclic) bond motifs is 1. The fraction of sp³-hybridized carbons (Fsp3) is 0.333. The van der Waals surface area contributed by atoms with E-state index in [9.17, 15) is 0 Å². The second-order valence-corrected chi connectivity index (χ2v) is 6.53. The summed E-state index contributed by atoms with van der Waals surface area (Å²) < 4.78 is 11.6. The van der Waals surface area contributed by atoms with E-state index in [0.717, 1.165) is 22.2 Å². The number of hydrogen-bond acceptors (Lipinski definition) is 3. The van der Waals surface area contributed by atoms with Crippen LogP contribution in [0.3, 0.4) is 0 Å². The van der Waals surface area contributed by atoms with Crippen molar-refractivity contribution in [2.45, 2.75) is 32.5 Å². The van der Waals surface area contributed by atoms with E-state index >= 15 is 0 Å². The highest BCUT2D eigenvalue weighted by Gasteiger charge is 2.19. The van der Waals surface area contributed by atoms with Crippen molar-refractivity contribution >= 4 is 10.9 Å². The van der Waals surface area contributed by atoms with Gasteiger partial charge in [-0.25, -0.2) is 0 Å². The second-order valence-electron chi connectivity index (χ2n) is 6.53. The van der Waals surface area contributed by atoms with Crippen LogP contribution in [0.15, 0.2) is 54.7 Å². The largest absolute Gasteiger partial charge is 0.488 e. The SMILES string of the molecule is COCC(NC(C)C)c1c[nH]c2cccc(OCc3ccccc3)c12. The van der Waals surface area contributed by atoms with Crippen LogP contribution in [0.1, 0.15) is 31.0 Å². The minimum absolute atomic E-state index is 0.111. The van der Waals surface area contributed by atoms with E-state index in [0.29, 0.717) is 19.3 Å². The molecule has 0 fully saturated rings. The van der Waals surface area contributed by atoms with Gasteiger partial charge in [-0.1, -0.05) is 50.2 Å². The molecule has 0 aliphatic rings. The number of benzene rings is 2. The highest BCUT2D eigenvalue weighted by Crippen LogP contribution is 2.33. The lowest BCUT2D eigenvalue weighted by Gasteiger charge is -2.21. The van der Waals surface area contributed by atoms with Crippen LogP contribution in [-0.2, 0) is 11.3 Å². The molecular formula is C21H26N2O2. The zero-order valence-electron chi connectivity index (χ0n) is 15.1. The Bertz CT molecular complexity index is 796. The first-order valence-electron chi connectivity index (χ1n) is 8.70. The minimum atomic E-state index is 0.111. The Morgan fingerprint density at radius 3 is 2.56 bits per heavy atom. The maximum Gasteiger partial charge on any atom is 0.129 e. The fourth-order valence-electron chi connectivity index (χ4n) is 3.10. The molecule has 0 spiro atoms. The Morgan fingerprint density at radius 2 is 1.84 bits per heavy atom. The van der Waals surface area contributed by atoms with Gasteiger partial charge in [0.1, 0.15) is 12.4 Å². The van der Waals surface area contributed by atoms with Crippen LogP contribution < -0.4 is 10.1 Å². The van der Waals surface area contributed by atoms with Gasteiger partial charge in [-0.2, -0.15) is 0 Å². The molecule has 1 unspecified atom stereocenters. The Balaban J connectivity index is 1.92. The normalized spacial score (nSPS) is 12.6. The van der Waals surface area contributed by atoms with Crippen LogP contribution in [-0.4, -0.2) is 24.7 Å². The summed E-state index contributed by atoms with van der Waals surface area (Å²) in [4.78, 5) is 3.36. The van der Waals surface area contributed by atoms with Crippen molar-refractivity contribution in [1.82, 2.24) is 10.3 Å². The van der Waals surface area contributed by atoms with Gasteiger partial charge >= 0.3 is 0 Å². The van der Waals surface area contributed by atoms with Crippen LogP contribution in [0.5, 0.6) is 5.75 Å². The van der Waals surface area contributed by atoms with Gasteiger partial charge < -0.3 is 19.8 Å². The number of methoxy groups -OCH3 is 1. The summed E-state index contributed by atoms with van der Waals surface area (Å²) in [6.45, 7) is 5.45. The second kappa shape index (κ2) is 8.19. The van der Waals surface area contributed by atoms with Crippen LogP contribution in [0.2, 0.25) is 0 Å². The van der Waals surface area contributed by atoms with E-state index in [-0.39, 0.29) is 6.04 Å². The smallest absolute Gasteiger partial charge is 0.129 e. The van der Waals surface area contributed by atoms with Gasteiger partial charge in [-0.15, -0.1) is 0 Å². The molecule has 3 aromatic rings. The number of aromatic nitrogens is 1. The van der Waals surface area contributed by atoms with Crippen molar-refractivity contribution < 1.29 is 9.47 Å². The van der Waals surface area contributed by atoms with Crippen molar-refractivity contribution in [2.75, 3.05) is 13.7 Å². The number of rotatable bonds is 8. The van der Waals surface area contributed by atoms with E-state index in [1.54, 1.807) is 7.11 Å². The van der Waals surface area contributed by atoms with Gasteiger partial charge in [-0.05, 0) is 17.7 Å². The zero-order valence-corrected chi connectivity index (χ0v) is 15.1. The summed E-state index contributed by atoms with van der Waals surface area (Å²) in [5, 5.41) is 4.69. The molecule has 132 valence electrons. The van der Waals surface area contributed by atoms with Gasteiger partial charge in [0.15, 0.2) is 0 Å². The Morgan fingerprint density at radius 1 is 1.04 bits per heavy atom. The van der Waals surface area contributed by atoms with E-state index in [1.807, 2.05) is 30.3 Å². The molecular weight excluding hydrogens is 312 g/mol. The first kappa shape index (κ1) is 17.5. The molecule has 1 atom stereocenters. The third kappa shape index (κ3) is 4.21. The standard InChI is InChI=1S/C21H26N2O2/c1-15(2)23-19(14-24-3)17-12-22-18-10-7-11-20(21(17)18)25-13-16-8-5-4-6-9-16/h4-12,15,19,22-23H,13-14H2,1-3H3. The Labute approximate surface area is 149 Å². The number of nitrogens with one attached hydrogen (secondary N) is 2. The maximum absolute atomic E-state index is 6.15. The van der Waals surface area contributed by atoms with Gasteiger partial charge in [0.25, 0.3) is 0 Å². The molecule has 4 heteroatoms. The molecule has 0 aliphatic carbocycles. The number of ether oxygens (including phenoxy) is 2. The van der Waals surface area contributed by atoms with E-state index < -0.39 is 0 Å². The molecule has 0 saturated heterocycles. The van der Waals surface area contributed by atoms with Crippen molar-refractivity contribution in [3.63, 3.8) is 0 Å². The van der Waals surface area contributed by atoms with Crippen molar-refractivity contribution in [3.8, 4) is 5.75 Å². The summed E-state index contributed by atoms with van der Waals surface area (Å²) in [6, 6.07) is 16.8. The van der Waals surface area contributed by atoms with Gasteiger partial charge in [0, 0.05) is 35.8 Å². The molecule has 4 nitrogen and oxygen atoms in total. The summed E-state index contributed by atoms with van der Waals surface area (Å²) >= 11 is 0. The van der Waals surface area contributed by atoms with Crippen molar-refractivity contribution in [3.05, 3.63) is 65.9 Å². The number of hydrogen-bond donors (Lipinski definition) is 2. The lowest BCUT2D eigenvalue weighted by atomic mass is 10.0. The van der Waals surface area contributed by atoms with E-state index in [1.165, 1.54) is 5.56 Å². The molecule has 3 rings (SSSR count). The monoisotopic (exact) mass is 338 g/mol. The highest BCUT2D eigenvalue weighted by molar-refractivity contribution is 5.89. The molecule has 2 aromatic carbocycles. The Kier molecular flexibility index (Phi) is 5.74. The third-order valence-corrected chi connectivity index (χ3v) is 4.18. The molecule has 25 heavy (non-hydrogen) atoms. The first-order chi connectivity index (χ1) is 12.2.